The van der Waals surface area contributed by atoms with E-state index in [1.165, 1.54) is 58.9 Å². The number of anilines is 2. The van der Waals surface area contributed by atoms with E-state index in [0.29, 0.717) is 32.0 Å². The molecule has 0 atom stereocenters. The molecule has 0 aliphatic carbocycles. The van der Waals surface area contributed by atoms with Gasteiger partial charge in [0.05, 0.1) is 33.7 Å². The number of sulfonamides is 2. The first kappa shape index (κ1) is 26.1. The lowest BCUT2D eigenvalue weighted by atomic mass is 10.2. The van der Waals surface area contributed by atoms with Gasteiger partial charge in [-0.25, -0.2) is 16.8 Å². The molecule has 1 fully saturated rings. The molecule has 1 aliphatic heterocycles. The summed E-state index contributed by atoms with van der Waals surface area (Å²) in [6.45, 7) is 3.13. The number of nitrogens with zero attached hydrogens (tertiary/aromatic N) is 1. The van der Waals surface area contributed by atoms with Gasteiger partial charge in [0.15, 0.2) is 0 Å². The average Bonchev–Trinajstić information content (AvgIpc) is 2.86. The zero-order valence-electron chi connectivity index (χ0n) is 19.3. The third-order valence-electron chi connectivity index (χ3n) is 5.53. The summed E-state index contributed by atoms with van der Waals surface area (Å²) in [6, 6.07) is 16.4. The Bertz CT molecular complexity index is 1470. The molecule has 1 saturated heterocycles. The van der Waals surface area contributed by atoms with Crippen molar-refractivity contribution in [3.05, 3.63) is 82.9 Å². The Morgan fingerprint density at radius 3 is 2.11 bits per heavy atom. The van der Waals surface area contributed by atoms with Crippen molar-refractivity contribution in [2.24, 2.45) is 0 Å². The van der Waals surface area contributed by atoms with Crippen molar-refractivity contribution in [3.8, 4) is 0 Å². The van der Waals surface area contributed by atoms with E-state index in [0.717, 1.165) is 5.56 Å². The Balaban J connectivity index is 1.44. The molecule has 0 radical (unpaired) electrons. The molecule has 190 valence electrons. The van der Waals surface area contributed by atoms with E-state index in [2.05, 4.69) is 10.0 Å². The summed E-state index contributed by atoms with van der Waals surface area (Å²) in [5.41, 5.74) is 1.65. The van der Waals surface area contributed by atoms with Crippen LogP contribution in [0.4, 0.5) is 11.4 Å². The minimum atomic E-state index is -3.85. The lowest BCUT2D eigenvalue weighted by molar-refractivity contribution is 0.0730. The van der Waals surface area contributed by atoms with Crippen LogP contribution in [0.2, 0.25) is 5.02 Å². The number of carbonyl (C=O) groups excluding carboxylic acids is 1. The number of rotatable bonds is 7. The fraction of sp³-hybridized carbons (Fsp3) is 0.208. The fourth-order valence-corrected chi connectivity index (χ4v) is 6.28. The van der Waals surface area contributed by atoms with E-state index in [9.17, 15) is 21.6 Å². The van der Waals surface area contributed by atoms with Gasteiger partial charge in [0.2, 0.25) is 10.0 Å². The second kappa shape index (κ2) is 10.6. The Morgan fingerprint density at radius 1 is 0.889 bits per heavy atom. The second-order valence-electron chi connectivity index (χ2n) is 8.11. The van der Waals surface area contributed by atoms with Crippen LogP contribution in [0.3, 0.4) is 0 Å². The van der Waals surface area contributed by atoms with Gasteiger partial charge in [0.1, 0.15) is 0 Å². The maximum Gasteiger partial charge on any atom is 0.261 e. The van der Waals surface area contributed by atoms with Crippen molar-refractivity contribution >= 4 is 48.9 Å². The topological polar surface area (TPSA) is 122 Å². The Labute approximate surface area is 215 Å². The van der Waals surface area contributed by atoms with Crippen LogP contribution in [-0.2, 0) is 24.8 Å². The van der Waals surface area contributed by atoms with E-state index in [4.69, 9.17) is 16.3 Å². The van der Waals surface area contributed by atoms with E-state index >= 15 is 0 Å². The summed E-state index contributed by atoms with van der Waals surface area (Å²) < 4.78 is 59.7. The number of hydrogen-bond acceptors (Lipinski definition) is 6. The zero-order chi connectivity index (χ0) is 25.9. The van der Waals surface area contributed by atoms with Gasteiger partial charge < -0.3 is 10.1 Å². The smallest absolute Gasteiger partial charge is 0.261 e. The van der Waals surface area contributed by atoms with Crippen LogP contribution in [-0.4, -0.2) is 53.4 Å². The van der Waals surface area contributed by atoms with Gasteiger partial charge in [-0.1, -0.05) is 29.3 Å². The molecule has 0 saturated carbocycles. The van der Waals surface area contributed by atoms with Gasteiger partial charge in [-0.2, -0.15) is 4.31 Å². The lowest BCUT2D eigenvalue weighted by Gasteiger charge is -2.26. The quantitative estimate of drug-likeness (QED) is 0.463. The summed E-state index contributed by atoms with van der Waals surface area (Å²) in [5, 5.41) is 2.72. The van der Waals surface area contributed by atoms with Crippen LogP contribution in [0.25, 0.3) is 0 Å². The van der Waals surface area contributed by atoms with Gasteiger partial charge in [-0.05, 0) is 61.5 Å². The molecular weight excluding hydrogens is 526 g/mol. The number of halogens is 1. The monoisotopic (exact) mass is 549 g/mol. The molecule has 0 aromatic heterocycles. The van der Waals surface area contributed by atoms with Crippen molar-refractivity contribution in [1.29, 1.82) is 0 Å². The number of amides is 1. The highest BCUT2D eigenvalue weighted by Crippen LogP contribution is 2.27. The van der Waals surface area contributed by atoms with Crippen LogP contribution in [0.15, 0.2) is 76.5 Å². The molecule has 0 spiro atoms. The number of benzene rings is 3. The number of nitrogens with one attached hydrogen (secondary N) is 2. The predicted molar refractivity (Wildman–Crippen MR) is 137 cm³/mol. The minimum absolute atomic E-state index is 0.0466. The van der Waals surface area contributed by atoms with Crippen molar-refractivity contribution in [3.63, 3.8) is 0 Å². The van der Waals surface area contributed by atoms with Gasteiger partial charge in [-0.3, -0.25) is 9.52 Å². The molecule has 1 heterocycles. The molecule has 0 bridgehead atoms. The number of morpholine rings is 1. The lowest BCUT2D eigenvalue weighted by Crippen LogP contribution is -2.40. The minimum Gasteiger partial charge on any atom is -0.379 e. The first-order valence-electron chi connectivity index (χ1n) is 10.9. The highest BCUT2D eigenvalue weighted by atomic mass is 35.5. The number of hydrogen-bond donors (Lipinski definition) is 2. The van der Waals surface area contributed by atoms with Crippen LogP contribution in [0.5, 0.6) is 0 Å². The van der Waals surface area contributed by atoms with E-state index in [-0.39, 0.29) is 26.1 Å². The molecular formula is C24H24ClN3O6S2. The maximum atomic E-state index is 12.7. The molecule has 9 nitrogen and oxygen atoms in total. The SMILES string of the molecule is Cc1ccc(S(=O)(=O)Nc2ccc(C(=O)Nc3ccc(S(=O)(=O)N4CCOCC4)cc3)cc2Cl)cc1. The first-order chi connectivity index (χ1) is 17.1. The molecule has 36 heavy (non-hydrogen) atoms. The van der Waals surface area contributed by atoms with E-state index < -0.39 is 26.0 Å². The number of ether oxygens (including phenoxy) is 1. The van der Waals surface area contributed by atoms with Gasteiger partial charge in [0, 0.05) is 24.3 Å². The van der Waals surface area contributed by atoms with Crippen molar-refractivity contribution in [2.45, 2.75) is 16.7 Å². The van der Waals surface area contributed by atoms with Crippen molar-refractivity contribution < 1.29 is 26.4 Å². The molecule has 4 rings (SSSR count). The van der Waals surface area contributed by atoms with Gasteiger partial charge >= 0.3 is 0 Å². The average molecular weight is 550 g/mol. The second-order valence-corrected chi connectivity index (χ2v) is 12.1. The zero-order valence-corrected chi connectivity index (χ0v) is 21.7. The third-order valence-corrected chi connectivity index (χ3v) is 9.13. The standard InChI is InChI=1S/C24H24ClN3O6S2/c1-17-2-7-20(8-3-17)35(30,31)27-23-11-4-18(16-22(23)25)24(29)26-19-5-9-21(10-6-19)36(32,33)28-12-14-34-15-13-28/h2-11,16,27H,12-15H2,1H3,(H,26,29). The molecule has 2 N–H and O–H groups in total. The number of carbonyl (C=O) groups is 1. The largest absolute Gasteiger partial charge is 0.379 e. The fourth-order valence-electron chi connectivity index (χ4n) is 3.51. The molecule has 3 aromatic rings. The predicted octanol–water partition coefficient (Wildman–Crippen LogP) is 3.72. The van der Waals surface area contributed by atoms with Gasteiger partial charge in [-0.15, -0.1) is 0 Å². The normalized spacial score (nSPS) is 14.8. The first-order valence-corrected chi connectivity index (χ1v) is 14.2. The number of aryl methyl sites for hydroxylation is 1. The molecule has 0 unspecified atom stereocenters. The summed E-state index contributed by atoms with van der Waals surface area (Å²) >= 11 is 6.25. The van der Waals surface area contributed by atoms with Crippen LogP contribution < -0.4 is 10.0 Å². The summed E-state index contributed by atoms with van der Waals surface area (Å²) in [7, 11) is -7.49. The van der Waals surface area contributed by atoms with Crippen molar-refractivity contribution in [2.75, 3.05) is 36.3 Å². The summed E-state index contributed by atoms with van der Waals surface area (Å²) in [6.07, 6.45) is 0. The highest BCUT2D eigenvalue weighted by Gasteiger charge is 2.26. The molecule has 12 heteroatoms. The third kappa shape index (κ3) is 5.88. The van der Waals surface area contributed by atoms with E-state index in [1.54, 1.807) is 12.1 Å². The summed E-state index contributed by atoms with van der Waals surface area (Å²) in [5.74, 6) is -0.492. The van der Waals surface area contributed by atoms with Gasteiger partial charge in [0.25, 0.3) is 15.9 Å². The Hall–Kier alpha value is -2.96. The summed E-state index contributed by atoms with van der Waals surface area (Å²) in [4.78, 5) is 12.9. The maximum absolute atomic E-state index is 12.7. The molecule has 1 aliphatic rings. The van der Waals surface area contributed by atoms with Crippen molar-refractivity contribution in [1.82, 2.24) is 4.31 Å². The van der Waals surface area contributed by atoms with Crippen LogP contribution in [0.1, 0.15) is 15.9 Å². The van der Waals surface area contributed by atoms with E-state index in [1.807, 2.05) is 6.92 Å². The Kier molecular flexibility index (Phi) is 7.67. The molecule has 1 amide bonds. The Morgan fingerprint density at radius 2 is 1.50 bits per heavy atom. The highest BCUT2D eigenvalue weighted by molar-refractivity contribution is 7.92. The molecule has 3 aromatic carbocycles. The van der Waals surface area contributed by atoms with Crippen LogP contribution >= 0.6 is 11.6 Å². The van der Waals surface area contributed by atoms with Crippen LogP contribution in [0, 0.1) is 6.92 Å².